The Labute approximate surface area is 92.9 Å². The van der Waals surface area contributed by atoms with Gasteiger partial charge in [-0.2, -0.15) is 0 Å². The first-order valence-electron chi connectivity index (χ1n) is 4.71. The Hall–Kier alpha value is -1.59. The zero-order valence-corrected chi connectivity index (χ0v) is 9.04. The van der Waals surface area contributed by atoms with Crippen molar-refractivity contribution in [2.75, 3.05) is 7.11 Å². The summed E-state index contributed by atoms with van der Waals surface area (Å²) in [5.41, 5.74) is 0.645. The van der Waals surface area contributed by atoms with Gasteiger partial charge in [0.1, 0.15) is 11.9 Å². The number of aliphatic hydroxyl groups is 2. The summed E-state index contributed by atoms with van der Waals surface area (Å²) in [6, 6.07) is 4.69. The SMILES string of the molecule is COC(=O)C(O)C(O)c1cccc(C)c1O. The zero-order chi connectivity index (χ0) is 12.3. The van der Waals surface area contributed by atoms with Crippen molar-refractivity contribution in [2.24, 2.45) is 0 Å². The van der Waals surface area contributed by atoms with E-state index in [1.54, 1.807) is 19.1 Å². The largest absolute Gasteiger partial charge is 0.507 e. The van der Waals surface area contributed by atoms with Gasteiger partial charge in [-0.25, -0.2) is 4.79 Å². The highest BCUT2D eigenvalue weighted by molar-refractivity contribution is 5.75. The van der Waals surface area contributed by atoms with E-state index in [2.05, 4.69) is 4.74 Å². The van der Waals surface area contributed by atoms with E-state index in [1.165, 1.54) is 6.07 Å². The number of aliphatic hydroxyl groups excluding tert-OH is 2. The lowest BCUT2D eigenvalue weighted by atomic mass is 10.0. The third-order valence-corrected chi connectivity index (χ3v) is 2.33. The van der Waals surface area contributed by atoms with Crippen LogP contribution in [0, 0.1) is 6.92 Å². The Morgan fingerprint density at radius 2 is 2.00 bits per heavy atom. The van der Waals surface area contributed by atoms with Gasteiger partial charge in [0.05, 0.1) is 7.11 Å². The molecule has 0 aliphatic carbocycles. The first-order valence-corrected chi connectivity index (χ1v) is 4.71. The summed E-state index contributed by atoms with van der Waals surface area (Å²) in [5, 5.41) is 28.8. The highest BCUT2D eigenvalue weighted by Crippen LogP contribution is 2.29. The van der Waals surface area contributed by atoms with Gasteiger partial charge in [-0.15, -0.1) is 0 Å². The number of hydrogen-bond donors (Lipinski definition) is 3. The Morgan fingerprint density at radius 1 is 1.38 bits per heavy atom. The molecule has 2 atom stereocenters. The molecule has 88 valence electrons. The maximum absolute atomic E-state index is 11.0. The number of hydrogen-bond acceptors (Lipinski definition) is 5. The van der Waals surface area contributed by atoms with Crippen LogP contribution in [0.5, 0.6) is 5.75 Å². The van der Waals surface area contributed by atoms with Crippen molar-refractivity contribution >= 4 is 5.97 Å². The molecule has 0 aromatic heterocycles. The molecule has 16 heavy (non-hydrogen) atoms. The van der Waals surface area contributed by atoms with Gasteiger partial charge in [0.15, 0.2) is 6.10 Å². The first kappa shape index (κ1) is 12.5. The minimum absolute atomic E-state index is 0.0953. The molecule has 0 heterocycles. The number of aromatic hydroxyl groups is 1. The minimum Gasteiger partial charge on any atom is -0.507 e. The smallest absolute Gasteiger partial charge is 0.337 e. The summed E-state index contributed by atoms with van der Waals surface area (Å²) < 4.78 is 4.29. The van der Waals surface area contributed by atoms with E-state index in [4.69, 9.17) is 0 Å². The van der Waals surface area contributed by atoms with Crippen LogP contribution in [-0.2, 0) is 9.53 Å². The van der Waals surface area contributed by atoms with Crippen LogP contribution in [-0.4, -0.2) is 34.5 Å². The lowest BCUT2D eigenvalue weighted by Crippen LogP contribution is -2.29. The normalized spacial score (nSPS) is 14.2. The number of phenolic OH excluding ortho intramolecular Hbond substituents is 1. The molecular weight excluding hydrogens is 212 g/mol. The summed E-state index contributed by atoms with van der Waals surface area (Å²) >= 11 is 0. The van der Waals surface area contributed by atoms with Crippen LogP contribution in [0.2, 0.25) is 0 Å². The molecule has 0 fully saturated rings. The number of carbonyl (C=O) groups is 1. The van der Waals surface area contributed by atoms with Crippen LogP contribution >= 0.6 is 0 Å². The number of benzene rings is 1. The fourth-order valence-electron chi connectivity index (χ4n) is 1.34. The summed E-state index contributed by atoms with van der Waals surface area (Å²) in [6.07, 6.45) is -3.22. The van der Waals surface area contributed by atoms with Gasteiger partial charge in [-0.3, -0.25) is 0 Å². The average molecular weight is 226 g/mol. The number of carbonyl (C=O) groups excluding carboxylic acids is 1. The number of ether oxygens (including phenoxy) is 1. The van der Waals surface area contributed by atoms with E-state index in [0.717, 1.165) is 7.11 Å². The molecule has 1 aromatic rings. The summed E-state index contributed by atoms with van der Waals surface area (Å²) in [5.74, 6) is -1.09. The average Bonchev–Trinajstić information content (AvgIpc) is 2.29. The monoisotopic (exact) mass is 226 g/mol. The van der Waals surface area contributed by atoms with Crippen LogP contribution in [0.15, 0.2) is 18.2 Å². The standard InChI is InChI=1S/C11H14O5/c1-6-4-3-5-7(8(6)12)9(13)10(14)11(15)16-2/h3-5,9-10,12-14H,1-2H3. The molecule has 5 heteroatoms. The molecule has 0 spiro atoms. The molecule has 5 nitrogen and oxygen atoms in total. The van der Waals surface area contributed by atoms with Crippen molar-refractivity contribution in [2.45, 2.75) is 19.1 Å². The predicted octanol–water partition coefficient (Wildman–Crippen LogP) is 0.268. The van der Waals surface area contributed by atoms with Gasteiger partial charge in [0.2, 0.25) is 0 Å². The Morgan fingerprint density at radius 3 is 2.56 bits per heavy atom. The number of methoxy groups -OCH3 is 1. The number of phenols is 1. The van der Waals surface area contributed by atoms with E-state index in [0.29, 0.717) is 5.56 Å². The van der Waals surface area contributed by atoms with Crippen LogP contribution in [0.1, 0.15) is 17.2 Å². The highest BCUT2D eigenvalue weighted by atomic mass is 16.5. The number of esters is 1. The topological polar surface area (TPSA) is 87.0 Å². The maximum atomic E-state index is 11.0. The maximum Gasteiger partial charge on any atom is 0.337 e. The molecule has 0 aliphatic heterocycles. The fraction of sp³-hybridized carbons (Fsp3) is 0.364. The lowest BCUT2D eigenvalue weighted by Gasteiger charge is -2.17. The van der Waals surface area contributed by atoms with Gasteiger partial charge in [-0.1, -0.05) is 18.2 Å². The van der Waals surface area contributed by atoms with Gasteiger partial charge < -0.3 is 20.1 Å². The molecule has 0 radical (unpaired) electrons. The highest BCUT2D eigenvalue weighted by Gasteiger charge is 2.28. The van der Waals surface area contributed by atoms with Crippen molar-refractivity contribution in [1.82, 2.24) is 0 Å². The summed E-state index contributed by atoms with van der Waals surface area (Å²) in [7, 11) is 1.11. The minimum atomic E-state index is -1.71. The summed E-state index contributed by atoms with van der Waals surface area (Å²) in [4.78, 5) is 11.0. The van der Waals surface area contributed by atoms with E-state index < -0.39 is 18.2 Å². The molecule has 2 unspecified atom stereocenters. The van der Waals surface area contributed by atoms with Gasteiger partial charge in [0, 0.05) is 5.56 Å². The molecule has 0 bridgehead atoms. The number of para-hydroxylation sites is 1. The van der Waals surface area contributed by atoms with Crippen molar-refractivity contribution in [3.05, 3.63) is 29.3 Å². The first-order chi connectivity index (χ1) is 7.49. The molecule has 1 rings (SSSR count). The van der Waals surface area contributed by atoms with Gasteiger partial charge in [0.25, 0.3) is 0 Å². The molecule has 3 N–H and O–H groups in total. The second kappa shape index (κ2) is 4.96. The molecule has 0 amide bonds. The van der Waals surface area contributed by atoms with Crippen LogP contribution in [0.4, 0.5) is 0 Å². The van der Waals surface area contributed by atoms with Gasteiger partial charge >= 0.3 is 5.97 Å². The fourth-order valence-corrected chi connectivity index (χ4v) is 1.34. The van der Waals surface area contributed by atoms with Crippen LogP contribution in [0.3, 0.4) is 0 Å². The lowest BCUT2D eigenvalue weighted by molar-refractivity contribution is -0.156. The Kier molecular flexibility index (Phi) is 3.87. The van der Waals surface area contributed by atoms with Crippen LogP contribution < -0.4 is 0 Å². The third-order valence-electron chi connectivity index (χ3n) is 2.33. The Balaban J connectivity index is 3.00. The Bertz CT molecular complexity index is 388. The van der Waals surface area contributed by atoms with Crippen molar-refractivity contribution in [1.29, 1.82) is 0 Å². The van der Waals surface area contributed by atoms with Crippen molar-refractivity contribution in [3.63, 3.8) is 0 Å². The predicted molar refractivity (Wildman–Crippen MR) is 55.8 cm³/mol. The second-order valence-corrected chi connectivity index (χ2v) is 3.43. The third kappa shape index (κ3) is 2.32. The van der Waals surface area contributed by atoms with E-state index in [9.17, 15) is 20.1 Å². The molecule has 0 aliphatic rings. The number of aryl methyl sites for hydroxylation is 1. The molecular formula is C11H14O5. The zero-order valence-electron chi connectivity index (χ0n) is 9.04. The second-order valence-electron chi connectivity index (χ2n) is 3.43. The van der Waals surface area contributed by atoms with E-state index >= 15 is 0 Å². The quantitative estimate of drug-likeness (QED) is 0.644. The molecule has 1 aromatic carbocycles. The van der Waals surface area contributed by atoms with Crippen molar-refractivity contribution < 1.29 is 24.9 Å². The number of rotatable bonds is 3. The summed E-state index contributed by atoms with van der Waals surface area (Å²) in [6.45, 7) is 1.65. The van der Waals surface area contributed by atoms with E-state index in [1.807, 2.05) is 0 Å². The van der Waals surface area contributed by atoms with Crippen molar-refractivity contribution in [3.8, 4) is 5.75 Å². The van der Waals surface area contributed by atoms with E-state index in [-0.39, 0.29) is 11.3 Å². The van der Waals surface area contributed by atoms with Crippen LogP contribution in [0.25, 0.3) is 0 Å². The molecule has 0 saturated carbocycles. The molecule has 0 saturated heterocycles. The van der Waals surface area contributed by atoms with Gasteiger partial charge in [-0.05, 0) is 12.5 Å².